The van der Waals surface area contributed by atoms with Crippen LogP contribution in [-0.2, 0) is 9.59 Å². The molecule has 0 spiro atoms. The number of nitrogens with two attached hydrogens (primary N) is 2. The highest BCUT2D eigenvalue weighted by molar-refractivity contribution is 5.86. The van der Waals surface area contributed by atoms with Gasteiger partial charge in [0.2, 0.25) is 11.8 Å². The van der Waals surface area contributed by atoms with Crippen molar-refractivity contribution < 1.29 is 9.59 Å². The van der Waals surface area contributed by atoms with Crippen molar-refractivity contribution in [3.05, 3.63) is 12.7 Å². The van der Waals surface area contributed by atoms with Gasteiger partial charge in [-0.1, -0.05) is 6.08 Å². The summed E-state index contributed by atoms with van der Waals surface area (Å²) in [6.07, 6.45) is 3.81. The predicted molar refractivity (Wildman–Crippen MR) is 58.8 cm³/mol. The molecule has 5 nitrogen and oxygen atoms in total. The summed E-state index contributed by atoms with van der Waals surface area (Å²) < 4.78 is 0. The monoisotopic (exact) mass is 213 g/mol. The van der Waals surface area contributed by atoms with Crippen LogP contribution in [0, 0.1) is 0 Å². The van der Waals surface area contributed by atoms with Gasteiger partial charge in [-0.3, -0.25) is 9.59 Å². The average molecular weight is 213 g/mol. The highest BCUT2D eigenvalue weighted by atomic mass is 16.2. The number of nitrogens with one attached hydrogen (secondary N) is 1. The van der Waals surface area contributed by atoms with Gasteiger partial charge in [0.05, 0.1) is 0 Å². The number of primary amides is 1. The average Bonchev–Trinajstić information content (AvgIpc) is 2.16. The lowest BCUT2D eigenvalue weighted by atomic mass is 10.1. The molecular formula is C10H19N3O2. The van der Waals surface area contributed by atoms with Crippen molar-refractivity contribution in [1.82, 2.24) is 5.32 Å². The first kappa shape index (κ1) is 13.6. The molecule has 0 aromatic heterocycles. The van der Waals surface area contributed by atoms with Crippen molar-refractivity contribution in [2.45, 2.75) is 31.7 Å². The molecule has 0 radical (unpaired) electrons. The molecule has 0 unspecified atom stereocenters. The van der Waals surface area contributed by atoms with Gasteiger partial charge < -0.3 is 16.8 Å². The Bertz CT molecular complexity index is 229. The summed E-state index contributed by atoms with van der Waals surface area (Å²) in [6, 6.07) is -0.594. The van der Waals surface area contributed by atoms with E-state index in [1.807, 2.05) is 0 Å². The largest absolute Gasteiger partial charge is 0.368 e. The summed E-state index contributed by atoms with van der Waals surface area (Å²) in [5.74, 6) is -0.744. The second kappa shape index (κ2) is 7.99. The van der Waals surface area contributed by atoms with Crippen LogP contribution in [0.15, 0.2) is 12.7 Å². The zero-order valence-electron chi connectivity index (χ0n) is 8.87. The SMILES string of the molecule is C=CCC(=O)N[C@@H](CCCCN)C(N)=O. The first-order valence-electron chi connectivity index (χ1n) is 5.01. The Balaban J connectivity index is 3.98. The number of rotatable bonds is 8. The Hall–Kier alpha value is -1.36. The van der Waals surface area contributed by atoms with Crippen LogP contribution in [-0.4, -0.2) is 24.4 Å². The van der Waals surface area contributed by atoms with E-state index in [4.69, 9.17) is 11.5 Å². The van der Waals surface area contributed by atoms with Gasteiger partial charge >= 0.3 is 0 Å². The van der Waals surface area contributed by atoms with Gasteiger partial charge in [-0.05, 0) is 25.8 Å². The van der Waals surface area contributed by atoms with E-state index in [-0.39, 0.29) is 12.3 Å². The third kappa shape index (κ3) is 6.68. The lowest BCUT2D eigenvalue weighted by Gasteiger charge is -2.14. The van der Waals surface area contributed by atoms with E-state index in [1.165, 1.54) is 6.08 Å². The molecule has 0 aliphatic rings. The van der Waals surface area contributed by atoms with Gasteiger partial charge in [-0.25, -0.2) is 0 Å². The van der Waals surface area contributed by atoms with Gasteiger partial charge in [-0.2, -0.15) is 0 Å². The van der Waals surface area contributed by atoms with Gasteiger partial charge in [0.15, 0.2) is 0 Å². The molecule has 0 saturated heterocycles. The molecule has 15 heavy (non-hydrogen) atoms. The van der Waals surface area contributed by atoms with Crippen LogP contribution in [0.4, 0.5) is 0 Å². The molecule has 86 valence electrons. The molecule has 0 heterocycles. The van der Waals surface area contributed by atoms with Crippen molar-refractivity contribution in [2.24, 2.45) is 11.5 Å². The number of hydrogen-bond donors (Lipinski definition) is 3. The third-order valence-corrected chi connectivity index (χ3v) is 1.96. The van der Waals surface area contributed by atoms with Gasteiger partial charge in [0, 0.05) is 6.42 Å². The molecule has 0 bridgehead atoms. The van der Waals surface area contributed by atoms with Crippen LogP contribution in [0.2, 0.25) is 0 Å². The van der Waals surface area contributed by atoms with E-state index in [1.54, 1.807) is 0 Å². The third-order valence-electron chi connectivity index (χ3n) is 1.96. The standard InChI is InChI=1S/C10H19N3O2/c1-2-5-9(14)13-8(10(12)15)6-3-4-7-11/h2,8H,1,3-7,11H2,(H2,12,15)(H,13,14)/t8-/m0/s1. The van der Waals surface area contributed by atoms with Crippen LogP contribution in [0.1, 0.15) is 25.7 Å². The molecule has 1 atom stereocenters. The van der Waals surface area contributed by atoms with Crippen molar-refractivity contribution >= 4 is 11.8 Å². The van der Waals surface area contributed by atoms with E-state index in [9.17, 15) is 9.59 Å². The van der Waals surface area contributed by atoms with Gasteiger partial charge in [0.1, 0.15) is 6.04 Å². The van der Waals surface area contributed by atoms with E-state index in [0.29, 0.717) is 13.0 Å². The first-order valence-corrected chi connectivity index (χ1v) is 5.01. The molecule has 0 rings (SSSR count). The quantitative estimate of drug-likeness (QED) is 0.380. The minimum absolute atomic E-state index is 0.195. The van der Waals surface area contributed by atoms with Crippen LogP contribution < -0.4 is 16.8 Å². The van der Waals surface area contributed by atoms with Crippen LogP contribution >= 0.6 is 0 Å². The predicted octanol–water partition coefficient (Wildman–Crippen LogP) is -0.338. The van der Waals surface area contributed by atoms with Crippen LogP contribution in [0.3, 0.4) is 0 Å². The normalized spacial score (nSPS) is 11.8. The van der Waals surface area contributed by atoms with Gasteiger partial charge in [0.25, 0.3) is 0 Å². The van der Waals surface area contributed by atoms with Crippen molar-refractivity contribution in [1.29, 1.82) is 0 Å². The first-order chi connectivity index (χ1) is 7.11. The summed E-state index contributed by atoms with van der Waals surface area (Å²) in [6.45, 7) is 4.01. The second-order valence-electron chi connectivity index (χ2n) is 3.30. The summed E-state index contributed by atoms with van der Waals surface area (Å²) in [5, 5.41) is 2.55. The maximum absolute atomic E-state index is 11.2. The molecular weight excluding hydrogens is 194 g/mol. The lowest BCUT2D eigenvalue weighted by Crippen LogP contribution is -2.44. The highest BCUT2D eigenvalue weighted by Gasteiger charge is 2.16. The van der Waals surface area contributed by atoms with Crippen LogP contribution in [0.5, 0.6) is 0 Å². The minimum Gasteiger partial charge on any atom is -0.368 e. The summed E-state index contributed by atoms with van der Waals surface area (Å²) >= 11 is 0. The fourth-order valence-corrected chi connectivity index (χ4v) is 1.16. The molecule has 0 aromatic carbocycles. The van der Waals surface area contributed by atoms with E-state index in [0.717, 1.165) is 12.8 Å². The van der Waals surface area contributed by atoms with E-state index >= 15 is 0 Å². The number of carbonyl (C=O) groups is 2. The molecule has 0 saturated carbocycles. The highest BCUT2D eigenvalue weighted by Crippen LogP contribution is 2.00. The Morgan fingerprint density at radius 2 is 2.07 bits per heavy atom. The van der Waals surface area contributed by atoms with Gasteiger partial charge in [-0.15, -0.1) is 6.58 Å². The van der Waals surface area contributed by atoms with Crippen molar-refractivity contribution in [3.63, 3.8) is 0 Å². The number of unbranched alkanes of at least 4 members (excludes halogenated alkanes) is 1. The van der Waals surface area contributed by atoms with E-state index < -0.39 is 11.9 Å². The Labute approximate surface area is 89.9 Å². The molecule has 5 N–H and O–H groups in total. The fraction of sp³-hybridized carbons (Fsp3) is 0.600. The molecule has 0 fully saturated rings. The fourth-order valence-electron chi connectivity index (χ4n) is 1.16. The maximum Gasteiger partial charge on any atom is 0.239 e. The summed E-state index contributed by atoms with van der Waals surface area (Å²) in [5.41, 5.74) is 10.5. The molecule has 0 aliphatic heterocycles. The van der Waals surface area contributed by atoms with Crippen LogP contribution in [0.25, 0.3) is 0 Å². The summed E-state index contributed by atoms with van der Waals surface area (Å²) in [4.78, 5) is 22.2. The molecule has 2 amide bonds. The number of amides is 2. The Morgan fingerprint density at radius 3 is 2.53 bits per heavy atom. The zero-order valence-corrected chi connectivity index (χ0v) is 8.87. The smallest absolute Gasteiger partial charge is 0.239 e. The minimum atomic E-state index is -0.594. The number of hydrogen-bond acceptors (Lipinski definition) is 3. The van der Waals surface area contributed by atoms with E-state index in [2.05, 4.69) is 11.9 Å². The Kier molecular flexibility index (Phi) is 7.27. The topological polar surface area (TPSA) is 98.2 Å². The molecule has 0 aromatic rings. The second-order valence-corrected chi connectivity index (χ2v) is 3.30. The number of carbonyl (C=O) groups excluding carboxylic acids is 2. The summed E-state index contributed by atoms with van der Waals surface area (Å²) in [7, 11) is 0. The molecule has 5 heteroatoms. The van der Waals surface area contributed by atoms with Crippen molar-refractivity contribution in [3.8, 4) is 0 Å². The Morgan fingerprint density at radius 1 is 1.40 bits per heavy atom. The zero-order chi connectivity index (χ0) is 11.7. The van der Waals surface area contributed by atoms with Crippen molar-refractivity contribution in [2.75, 3.05) is 6.54 Å². The lowest BCUT2D eigenvalue weighted by molar-refractivity contribution is -0.127. The maximum atomic E-state index is 11.2. The molecule has 0 aliphatic carbocycles.